The molecular formula is C29H22Cl2N4O2. The molecule has 1 aromatic heterocycles. The summed E-state index contributed by atoms with van der Waals surface area (Å²) >= 11 is 12.6. The number of aromatic nitrogens is 1. The Bertz CT molecular complexity index is 1590. The highest BCUT2D eigenvalue weighted by atomic mass is 35.5. The van der Waals surface area contributed by atoms with Crippen LogP contribution < -0.4 is 5.32 Å². The number of anilines is 2. The van der Waals surface area contributed by atoms with Crippen molar-refractivity contribution in [2.75, 3.05) is 5.32 Å². The first kappa shape index (κ1) is 24.6. The zero-order valence-electron chi connectivity index (χ0n) is 19.6. The third-order valence-electron chi connectivity index (χ3n) is 5.94. The summed E-state index contributed by atoms with van der Waals surface area (Å²) in [4.78, 5) is 12.8. The number of amides is 1. The number of rotatable bonds is 7. The number of carbonyl (C=O) groups excluding carboxylic acids is 1. The van der Waals surface area contributed by atoms with Crippen molar-refractivity contribution in [1.82, 2.24) is 4.57 Å². The number of aromatic hydroxyl groups is 1. The summed E-state index contributed by atoms with van der Waals surface area (Å²) in [5, 5.41) is 24.0. The summed E-state index contributed by atoms with van der Waals surface area (Å²) in [5.41, 5.74) is 4.04. The predicted octanol–water partition coefficient (Wildman–Crippen LogP) is 8.30. The number of azo groups is 1. The Kier molecular flexibility index (Phi) is 7.21. The van der Waals surface area contributed by atoms with Crippen LogP contribution in [0.5, 0.6) is 5.88 Å². The molecule has 0 aliphatic rings. The molecule has 1 heterocycles. The molecule has 37 heavy (non-hydrogen) atoms. The Hall–Kier alpha value is -4.13. The number of hydrogen-bond acceptors (Lipinski definition) is 4. The fourth-order valence-corrected chi connectivity index (χ4v) is 4.64. The maximum atomic E-state index is 12.8. The van der Waals surface area contributed by atoms with E-state index in [0.29, 0.717) is 38.9 Å². The van der Waals surface area contributed by atoms with E-state index in [1.54, 1.807) is 22.8 Å². The first-order chi connectivity index (χ1) is 18.0. The van der Waals surface area contributed by atoms with Gasteiger partial charge in [-0.2, -0.15) is 0 Å². The summed E-state index contributed by atoms with van der Waals surface area (Å²) < 4.78 is 1.76. The van der Waals surface area contributed by atoms with E-state index in [2.05, 4.69) is 15.5 Å². The van der Waals surface area contributed by atoms with Gasteiger partial charge in [-0.15, -0.1) is 10.2 Å². The normalized spacial score (nSPS) is 11.3. The van der Waals surface area contributed by atoms with Gasteiger partial charge >= 0.3 is 0 Å². The van der Waals surface area contributed by atoms with Gasteiger partial charge in [0.25, 0.3) is 5.91 Å². The smallest absolute Gasteiger partial charge is 0.269 e. The summed E-state index contributed by atoms with van der Waals surface area (Å²) in [6.45, 7) is 0.459. The van der Waals surface area contributed by atoms with E-state index in [9.17, 15) is 9.90 Å². The molecule has 5 aromatic rings. The van der Waals surface area contributed by atoms with Gasteiger partial charge in [0, 0.05) is 11.1 Å². The quantitative estimate of drug-likeness (QED) is 0.208. The molecule has 0 saturated carbocycles. The standard InChI is InChI=1S/C29H22Cl2N4O2/c30-22-13-8-14-23(31)28(22)32-24-15-6-4-11-20(24)17-26(36)33-34-27-21-12-5-7-16-25(21)35(29(27)37)18-19-9-2-1-3-10-19/h1-16,32,37H,17-18H2. The second kappa shape index (κ2) is 10.9. The van der Waals surface area contributed by atoms with Gasteiger partial charge in [0.15, 0.2) is 5.69 Å². The molecule has 0 radical (unpaired) electrons. The Morgan fingerprint density at radius 3 is 2.30 bits per heavy atom. The van der Waals surface area contributed by atoms with Crippen molar-refractivity contribution in [2.45, 2.75) is 13.0 Å². The number of benzene rings is 4. The van der Waals surface area contributed by atoms with E-state index in [1.165, 1.54) is 0 Å². The molecule has 0 aliphatic heterocycles. The van der Waals surface area contributed by atoms with E-state index in [4.69, 9.17) is 23.2 Å². The molecular weight excluding hydrogens is 507 g/mol. The lowest BCUT2D eigenvalue weighted by Crippen LogP contribution is -2.03. The van der Waals surface area contributed by atoms with Crippen molar-refractivity contribution in [1.29, 1.82) is 0 Å². The molecule has 0 unspecified atom stereocenters. The van der Waals surface area contributed by atoms with Gasteiger partial charge in [0.05, 0.1) is 34.2 Å². The number of fused-ring (bicyclic) bond motifs is 1. The van der Waals surface area contributed by atoms with Crippen molar-refractivity contribution in [3.05, 3.63) is 118 Å². The second-order valence-corrected chi connectivity index (χ2v) is 9.22. The zero-order valence-corrected chi connectivity index (χ0v) is 21.1. The van der Waals surface area contributed by atoms with Crippen LogP contribution in [0.25, 0.3) is 10.9 Å². The highest BCUT2D eigenvalue weighted by molar-refractivity contribution is 6.39. The minimum atomic E-state index is -0.459. The first-order valence-electron chi connectivity index (χ1n) is 11.6. The Morgan fingerprint density at radius 1 is 0.838 bits per heavy atom. The Labute approximate surface area is 223 Å². The van der Waals surface area contributed by atoms with Crippen molar-refractivity contribution in [3.8, 4) is 5.88 Å². The van der Waals surface area contributed by atoms with Crippen molar-refractivity contribution < 1.29 is 9.90 Å². The number of halogens is 2. The lowest BCUT2D eigenvalue weighted by atomic mass is 10.1. The zero-order chi connectivity index (χ0) is 25.8. The van der Waals surface area contributed by atoms with Gasteiger partial charge in [0.2, 0.25) is 5.88 Å². The highest BCUT2D eigenvalue weighted by Gasteiger charge is 2.17. The second-order valence-electron chi connectivity index (χ2n) is 8.41. The van der Waals surface area contributed by atoms with Gasteiger partial charge in [0.1, 0.15) is 0 Å². The molecule has 0 saturated heterocycles. The topological polar surface area (TPSA) is 79.0 Å². The molecule has 0 bridgehead atoms. The monoisotopic (exact) mass is 528 g/mol. The van der Waals surface area contributed by atoms with E-state index in [0.717, 1.165) is 11.1 Å². The van der Waals surface area contributed by atoms with E-state index >= 15 is 0 Å². The van der Waals surface area contributed by atoms with Gasteiger partial charge in [-0.1, -0.05) is 96.0 Å². The Morgan fingerprint density at radius 2 is 1.51 bits per heavy atom. The predicted molar refractivity (Wildman–Crippen MR) is 149 cm³/mol. The maximum Gasteiger partial charge on any atom is 0.269 e. The maximum absolute atomic E-state index is 12.8. The fourth-order valence-electron chi connectivity index (χ4n) is 4.15. The number of carbonyl (C=O) groups is 1. The molecule has 2 N–H and O–H groups in total. The molecule has 1 amide bonds. The minimum Gasteiger partial charge on any atom is -0.493 e. The molecule has 8 heteroatoms. The summed E-state index contributed by atoms with van der Waals surface area (Å²) in [6, 6.07) is 29.9. The molecule has 0 spiro atoms. The molecule has 0 fully saturated rings. The lowest BCUT2D eigenvalue weighted by Gasteiger charge is -2.13. The summed E-state index contributed by atoms with van der Waals surface area (Å²) in [7, 11) is 0. The average molecular weight is 529 g/mol. The largest absolute Gasteiger partial charge is 0.493 e. The van der Waals surface area contributed by atoms with Crippen LogP contribution in [0.3, 0.4) is 0 Å². The van der Waals surface area contributed by atoms with Crippen LogP contribution in [-0.2, 0) is 17.8 Å². The third kappa shape index (κ3) is 5.35. The number of nitrogens with zero attached hydrogens (tertiary/aromatic N) is 3. The molecule has 6 nitrogen and oxygen atoms in total. The molecule has 4 aromatic carbocycles. The van der Waals surface area contributed by atoms with Gasteiger partial charge in [-0.05, 0) is 35.4 Å². The third-order valence-corrected chi connectivity index (χ3v) is 6.57. The van der Waals surface area contributed by atoms with Crippen LogP contribution in [-0.4, -0.2) is 15.6 Å². The van der Waals surface area contributed by atoms with E-state index in [-0.39, 0.29) is 18.0 Å². The van der Waals surface area contributed by atoms with Crippen molar-refractivity contribution >= 4 is 57.1 Å². The van der Waals surface area contributed by atoms with Gasteiger partial charge in [-0.25, -0.2) is 0 Å². The minimum absolute atomic E-state index is 0.00182. The molecule has 0 aliphatic carbocycles. The van der Waals surface area contributed by atoms with Crippen molar-refractivity contribution in [3.63, 3.8) is 0 Å². The van der Waals surface area contributed by atoms with Crippen molar-refractivity contribution in [2.24, 2.45) is 10.2 Å². The van der Waals surface area contributed by atoms with Crippen LogP contribution >= 0.6 is 23.2 Å². The number of hydrogen-bond donors (Lipinski definition) is 2. The van der Waals surface area contributed by atoms with Crippen LogP contribution in [0.4, 0.5) is 17.1 Å². The summed E-state index contributed by atoms with van der Waals surface area (Å²) in [6.07, 6.45) is -0.00182. The van der Waals surface area contributed by atoms with E-state index < -0.39 is 5.91 Å². The number of para-hydroxylation sites is 3. The molecule has 184 valence electrons. The van der Waals surface area contributed by atoms with Crippen LogP contribution in [0.2, 0.25) is 10.0 Å². The molecule has 0 atom stereocenters. The molecule has 5 rings (SSSR count). The van der Waals surface area contributed by atoms with Crippen LogP contribution in [0.1, 0.15) is 11.1 Å². The van der Waals surface area contributed by atoms with Crippen LogP contribution in [0, 0.1) is 0 Å². The lowest BCUT2D eigenvalue weighted by molar-refractivity contribution is -0.117. The average Bonchev–Trinajstić information content (AvgIpc) is 3.17. The highest BCUT2D eigenvalue weighted by Crippen LogP contribution is 2.39. The van der Waals surface area contributed by atoms with Gasteiger partial charge in [-0.3, -0.25) is 4.79 Å². The first-order valence-corrected chi connectivity index (χ1v) is 12.3. The summed E-state index contributed by atoms with van der Waals surface area (Å²) in [5.74, 6) is -0.504. The fraction of sp³-hybridized carbons (Fsp3) is 0.0690. The van der Waals surface area contributed by atoms with Gasteiger partial charge < -0.3 is 15.0 Å². The SMILES string of the molecule is O=C(Cc1ccccc1Nc1c(Cl)cccc1Cl)N=Nc1c(O)n(Cc2ccccc2)c2ccccc12. The van der Waals surface area contributed by atoms with Crippen LogP contribution in [0.15, 0.2) is 107 Å². The van der Waals surface area contributed by atoms with E-state index in [1.807, 2.05) is 78.9 Å². The Balaban J connectivity index is 1.40. The number of nitrogens with one attached hydrogen (secondary N) is 1.